The Balaban J connectivity index is 1.44. The van der Waals surface area contributed by atoms with Gasteiger partial charge in [-0.1, -0.05) is 54.6 Å². The number of nitrogens with one attached hydrogen (secondary N) is 1. The standard InChI is InChI=1S/C27H32NO5P/c1-3-32-34(29,33-4-2)19-18-22-10-14-25(15-11-22)30-20-23-12-16-26(17-13-23)31-21-27(28)24-8-6-5-7-9-24/h5-17,28H,3-4,18-21H2,1-2H3. The van der Waals surface area contributed by atoms with E-state index >= 15 is 0 Å². The normalized spacial score (nSPS) is 11.2. The average molecular weight is 482 g/mol. The van der Waals surface area contributed by atoms with Crippen molar-refractivity contribution in [3.05, 3.63) is 95.6 Å². The maximum Gasteiger partial charge on any atom is 0.330 e. The van der Waals surface area contributed by atoms with E-state index in [1.807, 2.05) is 92.7 Å². The quantitative estimate of drug-likeness (QED) is 0.209. The van der Waals surface area contributed by atoms with Gasteiger partial charge in [0.15, 0.2) is 0 Å². The molecule has 0 amide bonds. The smallest absolute Gasteiger partial charge is 0.330 e. The zero-order valence-electron chi connectivity index (χ0n) is 19.7. The third kappa shape index (κ3) is 8.14. The summed E-state index contributed by atoms with van der Waals surface area (Å²) in [5, 5.41) is 8.12. The van der Waals surface area contributed by atoms with Crippen LogP contribution >= 0.6 is 7.60 Å². The molecule has 7 heteroatoms. The van der Waals surface area contributed by atoms with Gasteiger partial charge in [-0.05, 0) is 61.2 Å². The highest BCUT2D eigenvalue weighted by Gasteiger charge is 2.22. The van der Waals surface area contributed by atoms with Crippen molar-refractivity contribution in [1.29, 1.82) is 5.41 Å². The summed E-state index contributed by atoms with van der Waals surface area (Å²) in [6.07, 6.45) is 0.967. The highest BCUT2D eigenvalue weighted by molar-refractivity contribution is 7.53. The fraction of sp³-hybridized carbons (Fsp3) is 0.296. The average Bonchev–Trinajstić information content (AvgIpc) is 2.87. The van der Waals surface area contributed by atoms with E-state index in [0.717, 1.165) is 22.4 Å². The lowest BCUT2D eigenvalue weighted by Crippen LogP contribution is -2.11. The number of hydrogen-bond donors (Lipinski definition) is 1. The Labute approximate surface area is 201 Å². The predicted octanol–water partition coefficient (Wildman–Crippen LogP) is 6.52. The van der Waals surface area contributed by atoms with Crippen molar-refractivity contribution in [1.82, 2.24) is 0 Å². The van der Waals surface area contributed by atoms with E-state index in [1.165, 1.54) is 0 Å². The van der Waals surface area contributed by atoms with Gasteiger partial charge < -0.3 is 23.9 Å². The van der Waals surface area contributed by atoms with E-state index in [2.05, 4.69) is 0 Å². The van der Waals surface area contributed by atoms with Gasteiger partial charge in [-0.15, -0.1) is 0 Å². The van der Waals surface area contributed by atoms with E-state index in [-0.39, 0.29) is 6.61 Å². The molecule has 0 bridgehead atoms. The highest BCUT2D eigenvalue weighted by atomic mass is 31.2. The van der Waals surface area contributed by atoms with Crippen LogP contribution in [0.1, 0.15) is 30.5 Å². The topological polar surface area (TPSA) is 77.8 Å². The summed E-state index contributed by atoms with van der Waals surface area (Å²) in [6, 6.07) is 25.0. The van der Waals surface area contributed by atoms with Crippen LogP contribution in [0.4, 0.5) is 0 Å². The maximum atomic E-state index is 12.6. The molecular formula is C27H32NO5P. The summed E-state index contributed by atoms with van der Waals surface area (Å²) < 4.78 is 34.9. The second-order valence-corrected chi connectivity index (χ2v) is 9.82. The summed E-state index contributed by atoms with van der Waals surface area (Å²) >= 11 is 0. The molecular weight excluding hydrogens is 449 g/mol. The third-order valence-electron chi connectivity index (χ3n) is 5.08. The lowest BCUT2D eigenvalue weighted by molar-refractivity contribution is 0.220. The van der Waals surface area contributed by atoms with Crippen LogP contribution in [0.5, 0.6) is 11.5 Å². The van der Waals surface area contributed by atoms with E-state index in [1.54, 1.807) is 0 Å². The lowest BCUT2D eigenvalue weighted by atomic mass is 10.1. The molecule has 3 rings (SSSR count). The van der Waals surface area contributed by atoms with Crippen molar-refractivity contribution in [2.24, 2.45) is 0 Å². The molecule has 1 N–H and O–H groups in total. The van der Waals surface area contributed by atoms with Crippen LogP contribution in [-0.4, -0.2) is 31.7 Å². The lowest BCUT2D eigenvalue weighted by Gasteiger charge is -2.16. The number of aryl methyl sites for hydroxylation is 1. The van der Waals surface area contributed by atoms with E-state index in [4.69, 9.17) is 23.9 Å². The molecule has 0 aliphatic heterocycles. The fourth-order valence-electron chi connectivity index (χ4n) is 3.30. The van der Waals surface area contributed by atoms with E-state index in [0.29, 0.717) is 43.9 Å². The van der Waals surface area contributed by atoms with Gasteiger partial charge in [-0.2, -0.15) is 0 Å². The molecule has 0 saturated carbocycles. The van der Waals surface area contributed by atoms with Gasteiger partial charge in [-0.25, -0.2) is 0 Å². The molecule has 0 aliphatic rings. The van der Waals surface area contributed by atoms with Gasteiger partial charge in [-0.3, -0.25) is 4.57 Å². The second-order valence-electron chi connectivity index (χ2n) is 7.63. The number of benzene rings is 3. The molecule has 0 heterocycles. The molecule has 0 fully saturated rings. The zero-order chi connectivity index (χ0) is 24.2. The molecule has 3 aromatic carbocycles. The number of rotatable bonds is 14. The monoisotopic (exact) mass is 481 g/mol. The summed E-state index contributed by atoms with van der Waals surface area (Å²) in [6.45, 7) is 5.02. The van der Waals surface area contributed by atoms with E-state index < -0.39 is 7.60 Å². The minimum absolute atomic E-state index is 0.219. The molecule has 3 aromatic rings. The number of hydrogen-bond acceptors (Lipinski definition) is 6. The Morgan fingerprint density at radius 3 is 1.91 bits per heavy atom. The van der Waals surface area contributed by atoms with Gasteiger partial charge in [0, 0.05) is 0 Å². The van der Waals surface area contributed by atoms with Crippen molar-refractivity contribution in [2.45, 2.75) is 26.9 Å². The molecule has 0 radical (unpaired) electrons. The molecule has 0 saturated heterocycles. The molecule has 0 aromatic heterocycles. The second kappa shape index (κ2) is 13.1. The van der Waals surface area contributed by atoms with Crippen LogP contribution in [0.2, 0.25) is 0 Å². The zero-order valence-corrected chi connectivity index (χ0v) is 20.6. The minimum atomic E-state index is -3.03. The van der Waals surface area contributed by atoms with Crippen molar-refractivity contribution < 1.29 is 23.1 Å². The molecule has 0 unspecified atom stereocenters. The molecule has 180 valence electrons. The van der Waals surface area contributed by atoms with Crippen molar-refractivity contribution in [2.75, 3.05) is 26.0 Å². The van der Waals surface area contributed by atoms with Gasteiger partial charge in [0.2, 0.25) is 0 Å². The SMILES string of the molecule is CCOP(=O)(CCc1ccc(OCc2ccc(OCC(=N)c3ccccc3)cc2)cc1)OCC. The van der Waals surface area contributed by atoms with Crippen LogP contribution in [0.15, 0.2) is 78.9 Å². The van der Waals surface area contributed by atoms with Crippen molar-refractivity contribution in [3.63, 3.8) is 0 Å². The Kier molecular flexibility index (Phi) is 9.89. The van der Waals surface area contributed by atoms with Crippen LogP contribution < -0.4 is 9.47 Å². The van der Waals surface area contributed by atoms with Crippen LogP contribution in [0, 0.1) is 5.41 Å². The van der Waals surface area contributed by atoms with Crippen molar-refractivity contribution in [3.8, 4) is 11.5 Å². The fourth-order valence-corrected chi connectivity index (χ4v) is 4.96. The largest absolute Gasteiger partial charge is 0.489 e. The van der Waals surface area contributed by atoms with Crippen molar-refractivity contribution >= 4 is 13.3 Å². The van der Waals surface area contributed by atoms with Crippen LogP contribution in [-0.2, 0) is 26.6 Å². The van der Waals surface area contributed by atoms with Gasteiger partial charge in [0.05, 0.1) is 25.1 Å². The Hall–Kier alpha value is -2.92. The van der Waals surface area contributed by atoms with Crippen LogP contribution in [0.25, 0.3) is 0 Å². The van der Waals surface area contributed by atoms with E-state index in [9.17, 15) is 4.57 Å². The first-order chi connectivity index (χ1) is 16.5. The summed E-state index contributed by atoms with van der Waals surface area (Å²) in [7, 11) is -3.03. The molecule has 0 atom stereocenters. The summed E-state index contributed by atoms with van der Waals surface area (Å²) in [4.78, 5) is 0. The number of ether oxygens (including phenoxy) is 2. The van der Waals surface area contributed by atoms with Gasteiger partial charge >= 0.3 is 7.60 Å². The third-order valence-corrected chi connectivity index (χ3v) is 7.16. The Bertz CT molecular complexity index is 1060. The molecule has 0 spiro atoms. The first-order valence-corrected chi connectivity index (χ1v) is 13.2. The first kappa shape index (κ1) is 25.7. The predicted molar refractivity (Wildman–Crippen MR) is 135 cm³/mol. The van der Waals surface area contributed by atoms with Crippen LogP contribution in [0.3, 0.4) is 0 Å². The first-order valence-electron chi connectivity index (χ1n) is 11.5. The Morgan fingerprint density at radius 1 is 0.765 bits per heavy atom. The van der Waals surface area contributed by atoms with Gasteiger partial charge in [0.1, 0.15) is 24.7 Å². The molecule has 0 aliphatic carbocycles. The highest BCUT2D eigenvalue weighted by Crippen LogP contribution is 2.48. The molecule has 6 nitrogen and oxygen atoms in total. The summed E-state index contributed by atoms with van der Waals surface area (Å²) in [5.41, 5.74) is 3.37. The maximum absolute atomic E-state index is 12.6. The minimum Gasteiger partial charge on any atom is -0.489 e. The molecule has 34 heavy (non-hydrogen) atoms. The van der Waals surface area contributed by atoms with Gasteiger partial charge in [0.25, 0.3) is 0 Å². The Morgan fingerprint density at radius 2 is 1.32 bits per heavy atom. The summed E-state index contributed by atoms with van der Waals surface area (Å²) in [5.74, 6) is 1.48.